The summed E-state index contributed by atoms with van der Waals surface area (Å²) in [6.45, 7) is 9.20. The molecule has 1 heterocycles. The van der Waals surface area contributed by atoms with Crippen LogP contribution in [0.5, 0.6) is 0 Å². The molecule has 0 amide bonds. The Kier molecular flexibility index (Phi) is 6.17. The highest BCUT2D eigenvalue weighted by Gasteiger charge is 2.24. The molecule has 1 saturated heterocycles. The van der Waals surface area contributed by atoms with Crippen molar-refractivity contribution in [2.75, 3.05) is 19.7 Å². The van der Waals surface area contributed by atoms with Gasteiger partial charge in [0.15, 0.2) is 5.78 Å². The molecule has 2 rings (SSSR count). The van der Waals surface area contributed by atoms with E-state index in [0.717, 1.165) is 38.0 Å². The summed E-state index contributed by atoms with van der Waals surface area (Å²) >= 11 is 0. The fourth-order valence-electron chi connectivity index (χ4n) is 2.75. The lowest BCUT2D eigenvalue weighted by molar-refractivity contribution is -0.127. The van der Waals surface area contributed by atoms with Gasteiger partial charge in [-0.25, -0.2) is 0 Å². The van der Waals surface area contributed by atoms with Crippen molar-refractivity contribution in [2.45, 2.75) is 39.0 Å². The first-order valence-electron chi connectivity index (χ1n) is 8.35. The zero-order valence-corrected chi connectivity index (χ0v) is 15.4. The van der Waals surface area contributed by atoms with Crippen molar-refractivity contribution in [1.82, 2.24) is 4.90 Å². The summed E-state index contributed by atoms with van der Waals surface area (Å²) in [7, 11) is -1.32. The molecule has 0 saturated carbocycles. The van der Waals surface area contributed by atoms with Crippen molar-refractivity contribution in [1.29, 1.82) is 0 Å². The van der Waals surface area contributed by atoms with Gasteiger partial charge in [-0.15, -0.1) is 5.54 Å². The second kappa shape index (κ2) is 7.92. The molecule has 1 aliphatic rings. The van der Waals surface area contributed by atoms with Crippen LogP contribution in [0.3, 0.4) is 0 Å². The standard InChI is InChI=1S/C19H27NO2Si/c1-23(2,3)13-10-16-4-6-17(7-5-16)14-20-11-8-18(9-12-20)19(22)15-21/h4-7,18,21H,8-9,11-12,14-15H2,1-3H3. The topological polar surface area (TPSA) is 40.5 Å². The van der Waals surface area contributed by atoms with Gasteiger partial charge in [0.25, 0.3) is 0 Å². The Labute approximate surface area is 140 Å². The van der Waals surface area contributed by atoms with Gasteiger partial charge in [-0.1, -0.05) is 37.7 Å². The zero-order chi connectivity index (χ0) is 16.9. The zero-order valence-electron chi connectivity index (χ0n) is 14.4. The molecule has 124 valence electrons. The molecule has 0 bridgehead atoms. The molecule has 0 spiro atoms. The maximum absolute atomic E-state index is 11.5. The Bertz CT molecular complexity index is 585. The normalized spacial score (nSPS) is 16.7. The van der Waals surface area contributed by atoms with Crippen LogP contribution in [0.2, 0.25) is 19.6 Å². The second-order valence-corrected chi connectivity index (χ2v) is 12.1. The van der Waals surface area contributed by atoms with Gasteiger partial charge in [0.05, 0.1) is 0 Å². The average Bonchev–Trinajstić information content (AvgIpc) is 2.53. The minimum absolute atomic E-state index is 0.00465. The van der Waals surface area contributed by atoms with E-state index in [1.165, 1.54) is 5.56 Å². The third kappa shape index (κ3) is 5.95. The van der Waals surface area contributed by atoms with Crippen LogP contribution in [0, 0.1) is 17.4 Å². The van der Waals surface area contributed by atoms with E-state index in [2.05, 4.69) is 60.3 Å². The first-order valence-corrected chi connectivity index (χ1v) is 11.9. The Morgan fingerprint density at radius 2 is 1.83 bits per heavy atom. The number of nitrogens with zero attached hydrogens (tertiary/aromatic N) is 1. The van der Waals surface area contributed by atoms with Crippen LogP contribution in [0.25, 0.3) is 0 Å². The smallest absolute Gasteiger partial charge is 0.161 e. The van der Waals surface area contributed by atoms with Crippen LogP contribution in [0.4, 0.5) is 0 Å². The Balaban J connectivity index is 1.87. The summed E-state index contributed by atoms with van der Waals surface area (Å²) in [6, 6.07) is 8.51. The van der Waals surface area contributed by atoms with Crippen LogP contribution < -0.4 is 0 Å². The molecule has 0 unspecified atom stereocenters. The summed E-state index contributed by atoms with van der Waals surface area (Å²) in [5, 5.41) is 8.94. The molecular formula is C19H27NO2Si. The first kappa shape index (κ1) is 17.9. The lowest BCUT2D eigenvalue weighted by Crippen LogP contribution is -2.36. The number of ketones is 1. The molecule has 1 fully saturated rings. The monoisotopic (exact) mass is 329 g/mol. The first-order chi connectivity index (χ1) is 10.9. The minimum atomic E-state index is -1.32. The summed E-state index contributed by atoms with van der Waals surface area (Å²) < 4.78 is 0. The Morgan fingerprint density at radius 1 is 1.22 bits per heavy atom. The maximum atomic E-state index is 11.5. The van der Waals surface area contributed by atoms with Gasteiger partial charge in [0.1, 0.15) is 14.7 Å². The van der Waals surface area contributed by atoms with Crippen molar-refractivity contribution < 1.29 is 9.90 Å². The molecule has 1 aliphatic heterocycles. The van der Waals surface area contributed by atoms with Crippen LogP contribution >= 0.6 is 0 Å². The third-order valence-corrected chi connectivity index (χ3v) is 5.02. The van der Waals surface area contributed by atoms with Crippen molar-refractivity contribution in [3.05, 3.63) is 35.4 Å². The van der Waals surface area contributed by atoms with E-state index in [1.807, 2.05) is 0 Å². The largest absolute Gasteiger partial charge is 0.389 e. The van der Waals surface area contributed by atoms with Gasteiger partial charge in [0, 0.05) is 18.0 Å². The van der Waals surface area contributed by atoms with E-state index in [4.69, 9.17) is 5.11 Å². The molecular weight excluding hydrogens is 302 g/mol. The lowest BCUT2D eigenvalue weighted by atomic mass is 9.92. The molecule has 0 radical (unpaired) electrons. The number of piperidine rings is 1. The number of hydrogen-bond acceptors (Lipinski definition) is 3. The van der Waals surface area contributed by atoms with Crippen molar-refractivity contribution in [3.63, 3.8) is 0 Å². The molecule has 0 atom stereocenters. The van der Waals surface area contributed by atoms with Gasteiger partial charge in [-0.05, 0) is 43.6 Å². The van der Waals surface area contributed by atoms with E-state index >= 15 is 0 Å². The molecule has 0 aliphatic carbocycles. The highest BCUT2D eigenvalue weighted by molar-refractivity contribution is 6.83. The predicted molar refractivity (Wildman–Crippen MR) is 96.8 cm³/mol. The van der Waals surface area contributed by atoms with Gasteiger partial charge in [-0.2, -0.15) is 0 Å². The van der Waals surface area contributed by atoms with Crippen LogP contribution in [0.15, 0.2) is 24.3 Å². The Morgan fingerprint density at radius 3 is 2.35 bits per heavy atom. The molecule has 1 N–H and O–H groups in total. The highest BCUT2D eigenvalue weighted by Crippen LogP contribution is 2.20. The van der Waals surface area contributed by atoms with Crippen molar-refractivity contribution >= 4 is 13.9 Å². The summed E-state index contributed by atoms with van der Waals surface area (Å²) in [5.41, 5.74) is 5.76. The number of Topliss-reactive ketones (excluding diaryl/α,β-unsaturated/α-hetero) is 1. The van der Waals surface area contributed by atoms with Gasteiger partial charge in [0.2, 0.25) is 0 Å². The van der Waals surface area contributed by atoms with E-state index in [0.29, 0.717) is 0 Å². The quantitative estimate of drug-likeness (QED) is 0.682. The summed E-state index contributed by atoms with van der Waals surface area (Å²) in [4.78, 5) is 13.9. The molecule has 4 heteroatoms. The van der Waals surface area contributed by atoms with E-state index in [-0.39, 0.29) is 18.3 Å². The average molecular weight is 330 g/mol. The highest BCUT2D eigenvalue weighted by atomic mass is 28.3. The maximum Gasteiger partial charge on any atom is 0.161 e. The number of carbonyl (C=O) groups excluding carboxylic acids is 1. The summed E-state index contributed by atoms with van der Waals surface area (Å²) in [6.07, 6.45) is 1.72. The second-order valence-electron chi connectivity index (χ2n) is 7.37. The molecule has 0 aromatic heterocycles. The van der Waals surface area contributed by atoms with E-state index < -0.39 is 8.07 Å². The predicted octanol–water partition coefficient (Wildman–Crippen LogP) is 2.69. The minimum Gasteiger partial charge on any atom is -0.389 e. The number of carbonyl (C=O) groups is 1. The molecule has 1 aromatic carbocycles. The number of likely N-dealkylation sites (tertiary alicyclic amines) is 1. The number of rotatable bonds is 4. The number of benzene rings is 1. The van der Waals surface area contributed by atoms with Crippen molar-refractivity contribution in [3.8, 4) is 11.5 Å². The molecule has 1 aromatic rings. The SMILES string of the molecule is C[Si](C)(C)C#Cc1ccc(CN2CCC(C(=O)CO)CC2)cc1. The number of aliphatic hydroxyl groups is 1. The third-order valence-electron chi connectivity index (χ3n) is 4.14. The molecule has 23 heavy (non-hydrogen) atoms. The van der Waals surface area contributed by atoms with Gasteiger partial charge >= 0.3 is 0 Å². The van der Waals surface area contributed by atoms with Crippen LogP contribution in [-0.4, -0.2) is 43.6 Å². The lowest BCUT2D eigenvalue weighted by Gasteiger charge is -2.31. The Hall–Kier alpha value is -1.41. The fourth-order valence-corrected chi connectivity index (χ4v) is 3.27. The number of aliphatic hydroxyl groups excluding tert-OH is 1. The van der Waals surface area contributed by atoms with Gasteiger partial charge < -0.3 is 5.11 Å². The van der Waals surface area contributed by atoms with E-state index in [9.17, 15) is 4.79 Å². The van der Waals surface area contributed by atoms with Gasteiger partial charge in [-0.3, -0.25) is 9.69 Å². The van der Waals surface area contributed by atoms with E-state index in [1.54, 1.807) is 0 Å². The van der Waals surface area contributed by atoms with Crippen molar-refractivity contribution in [2.24, 2.45) is 5.92 Å². The summed E-state index contributed by atoms with van der Waals surface area (Å²) in [5.74, 6) is 3.32. The number of hydrogen-bond donors (Lipinski definition) is 1. The van der Waals surface area contributed by atoms with Crippen LogP contribution in [-0.2, 0) is 11.3 Å². The fraction of sp³-hybridized carbons (Fsp3) is 0.526. The molecule has 3 nitrogen and oxygen atoms in total. The van der Waals surface area contributed by atoms with Crippen LogP contribution in [0.1, 0.15) is 24.0 Å².